The van der Waals surface area contributed by atoms with Crippen LogP contribution in [-0.2, 0) is 17.6 Å². The molecule has 0 aromatic heterocycles. The van der Waals surface area contributed by atoms with Gasteiger partial charge in [0.05, 0.1) is 6.61 Å². The molecule has 1 unspecified atom stereocenters. The van der Waals surface area contributed by atoms with E-state index >= 15 is 0 Å². The second kappa shape index (κ2) is 4.53. The molecule has 1 aromatic carbocycles. The highest BCUT2D eigenvalue weighted by atomic mass is 16.5. The Morgan fingerprint density at radius 2 is 2.38 bits per heavy atom. The van der Waals surface area contributed by atoms with E-state index in [2.05, 4.69) is 0 Å². The quantitative estimate of drug-likeness (QED) is 0.797. The molecule has 0 aliphatic carbocycles. The number of carboxylic acids is 1. The van der Waals surface area contributed by atoms with Crippen LogP contribution in [0.4, 0.5) is 0 Å². The zero-order valence-electron chi connectivity index (χ0n) is 8.98. The number of benzene rings is 1. The molecule has 1 heterocycles. The van der Waals surface area contributed by atoms with Crippen molar-refractivity contribution in [2.75, 3.05) is 6.61 Å². The van der Waals surface area contributed by atoms with Crippen LogP contribution in [0.2, 0.25) is 0 Å². The van der Waals surface area contributed by atoms with Gasteiger partial charge in [-0.25, -0.2) is 0 Å². The van der Waals surface area contributed by atoms with E-state index in [9.17, 15) is 4.79 Å². The molecule has 3 N–H and O–H groups in total. The van der Waals surface area contributed by atoms with E-state index in [-0.39, 0.29) is 0 Å². The van der Waals surface area contributed by atoms with Gasteiger partial charge in [-0.05, 0) is 36.5 Å². The predicted octanol–water partition coefficient (Wildman–Crippen LogP) is 0.966. The van der Waals surface area contributed by atoms with E-state index in [1.54, 1.807) is 0 Å². The van der Waals surface area contributed by atoms with Crippen molar-refractivity contribution >= 4 is 5.97 Å². The molecule has 0 spiro atoms. The van der Waals surface area contributed by atoms with E-state index < -0.39 is 12.0 Å². The van der Waals surface area contributed by atoms with Crippen molar-refractivity contribution in [2.24, 2.45) is 5.73 Å². The van der Waals surface area contributed by atoms with Gasteiger partial charge in [-0.2, -0.15) is 0 Å². The summed E-state index contributed by atoms with van der Waals surface area (Å²) in [6.45, 7) is 0.765. The lowest BCUT2D eigenvalue weighted by Crippen LogP contribution is -2.32. The summed E-state index contributed by atoms with van der Waals surface area (Å²) in [6, 6.07) is 4.95. The zero-order chi connectivity index (χ0) is 11.5. The monoisotopic (exact) mass is 221 g/mol. The maximum Gasteiger partial charge on any atom is 0.320 e. The fourth-order valence-electron chi connectivity index (χ4n) is 1.88. The van der Waals surface area contributed by atoms with Crippen LogP contribution in [0.25, 0.3) is 0 Å². The molecule has 0 fully saturated rings. The minimum absolute atomic E-state index is 0.364. The molecule has 0 radical (unpaired) electrons. The van der Waals surface area contributed by atoms with Crippen LogP contribution in [0.5, 0.6) is 5.75 Å². The molecule has 86 valence electrons. The van der Waals surface area contributed by atoms with Gasteiger partial charge < -0.3 is 15.6 Å². The van der Waals surface area contributed by atoms with Crippen molar-refractivity contribution < 1.29 is 14.6 Å². The Bertz CT molecular complexity index is 403. The number of hydrogen-bond acceptors (Lipinski definition) is 3. The Hall–Kier alpha value is -1.55. The number of ether oxygens (including phenoxy) is 1. The number of hydrogen-bond donors (Lipinski definition) is 2. The first-order chi connectivity index (χ1) is 7.66. The van der Waals surface area contributed by atoms with Crippen molar-refractivity contribution in [3.63, 3.8) is 0 Å². The van der Waals surface area contributed by atoms with Crippen molar-refractivity contribution in [1.82, 2.24) is 0 Å². The number of aryl methyl sites for hydroxylation is 1. The molecule has 1 aliphatic heterocycles. The highest BCUT2D eigenvalue weighted by Crippen LogP contribution is 2.25. The van der Waals surface area contributed by atoms with Crippen LogP contribution in [0.1, 0.15) is 17.5 Å². The lowest BCUT2D eigenvalue weighted by Gasteiger charge is -2.18. The molecular formula is C12H15NO3. The van der Waals surface area contributed by atoms with Gasteiger partial charge >= 0.3 is 5.97 Å². The van der Waals surface area contributed by atoms with Crippen LogP contribution in [0.3, 0.4) is 0 Å². The van der Waals surface area contributed by atoms with Gasteiger partial charge in [0.25, 0.3) is 0 Å². The Kier molecular flexibility index (Phi) is 3.10. The summed E-state index contributed by atoms with van der Waals surface area (Å²) >= 11 is 0. The molecule has 4 heteroatoms. The van der Waals surface area contributed by atoms with E-state index in [0.717, 1.165) is 36.3 Å². The van der Waals surface area contributed by atoms with Crippen LogP contribution >= 0.6 is 0 Å². The van der Waals surface area contributed by atoms with Crippen LogP contribution in [0.15, 0.2) is 18.2 Å². The van der Waals surface area contributed by atoms with E-state index in [1.807, 2.05) is 18.2 Å². The maximum absolute atomic E-state index is 10.6. The third kappa shape index (κ3) is 2.33. The van der Waals surface area contributed by atoms with Crippen LogP contribution < -0.4 is 10.5 Å². The predicted molar refractivity (Wildman–Crippen MR) is 59.6 cm³/mol. The molecule has 1 aromatic rings. The largest absolute Gasteiger partial charge is 0.493 e. The lowest BCUT2D eigenvalue weighted by atomic mass is 9.99. The zero-order valence-corrected chi connectivity index (χ0v) is 8.98. The molecular weight excluding hydrogens is 206 g/mol. The Morgan fingerprint density at radius 3 is 3.12 bits per heavy atom. The Labute approximate surface area is 94.0 Å². The van der Waals surface area contributed by atoms with Gasteiger partial charge in [-0.1, -0.05) is 12.1 Å². The van der Waals surface area contributed by atoms with Crippen molar-refractivity contribution in [3.05, 3.63) is 29.3 Å². The molecule has 0 bridgehead atoms. The van der Waals surface area contributed by atoms with Crippen LogP contribution in [-0.4, -0.2) is 23.7 Å². The van der Waals surface area contributed by atoms with Gasteiger partial charge in [-0.15, -0.1) is 0 Å². The van der Waals surface area contributed by atoms with Gasteiger partial charge in [0.2, 0.25) is 0 Å². The standard InChI is InChI=1S/C12H15NO3/c13-10(12(14)15)7-8-3-4-11-9(6-8)2-1-5-16-11/h3-4,6,10H,1-2,5,7,13H2,(H,14,15). The highest BCUT2D eigenvalue weighted by Gasteiger charge is 2.15. The first-order valence-corrected chi connectivity index (χ1v) is 5.40. The van der Waals surface area contributed by atoms with E-state index in [0.29, 0.717) is 6.42 Å². The van der Waals surface area contributed by atoms with E-state index in [1.165, 1.54) is 0 Å². The fraction of sp³-hybridized carbons (Fsp3) is 0.417. The Morgan fingerprint density at radius 1 is 1.56 bits per heavy atom. The highest BCUT2D eigenvalue weighted by molar-refractivity contribution is 5.73. The maximum atomic E-state index is 10.6. The van der Waals surface area contributed by atoms with Crippen molar-refractivity contribution in [1.29, 1.82) is 0 Å². The first kappa shape index (κ1) is 11.0. The molecule has 1 atom stereocenters. The summed E-state index contributed by atoms with van der Waals surface area (Å²) in [5.41, 5.74) is 7.61. The molecule has 0 saturated heterocycles. The fourth-order valence-corrected chi connectivity index (χ4v) is 1.88. The average Bonchev–Trinajstić information content (AvgIpc) is 2.28. The summed E-state index contributed by atoms with van der Waals surface area (Å²) in [7, 11) is 0. The summed E-state index contributed by atoms with van der Waals surface area (Å²) in [5.74, 6) is -0.0483. The second-order valence-corrected chi connectivity index (χ2v) is 4.04. The molecule has 1 aliphatic rings. The first-order valence-electron chi connectivity index (χ1n) is 5.40. The number of carbonyl (C=O) groups is 1. The molecule has 0 saturated carbocycles. The number of rotatable bonds is 3. The van der Waals surface area contributed by atoms with Gasteiger partial charge in [0.15, 0.2) is 0 Å². The van der Waals surface area contributed by atoms with Crippen molar-refractivity contribution in [2.45, 2.75) is 25.3 Å². The number of carboxylic acid groups (broad SMARTS) is 1. The lowest BCUT2D eigenvalue weighted by molar-refractivity contribution is -0.138. The minimum Gasteiger partial charge on any atom is -0.493 e. The van der Waals surface area contributed by atoms with Gasteiger partial charge in [0, 0.05) is 0 Å². The minimum atomic E-state index is -0.964. The molecule has 2 rings (SSSR count). The number of fused-ring (bicyclic) bond motifs is 1. The molecule has 4 nitrogen and oxygen atoms in total. The number of nitrogens with two attached hydrogens (primary N) is 1. The SMILES string of the molecule is NC(Cc1ccc2c(c1)CCCO2)C(=O)O. The summed E-state index contributed by atoms with van der Waals surface area (Å²) in [5, 5.41) is 8.73. The topological polar surface area (TPSA) is 72.5 Å². The van der Waals surface area contributed by atoms with Gasteiger partial charge in [-0.3, -0.25) is 4.79 Å². The summed E-state index contributed by atoms with van der Waals surface area (Å²) in [4.78, 5) is 10.6. The number of aliphatic carboxylic acids is 1. The Balaban J connectivity index is 2.14. The third-order valence-electron chi connectivity index (χ3n) is 2.75. The normalized spacial score (nSPS) is 16.1. The smallest absolute Gasteiger partial charge is 0.320 e. The van der Waals surface area contributed by atoms with Gasteiger partial charge in [0.1, 0.15) is 11.8 Å². The van der Waals surface area contributed by atoms with E-state index in [4.69, 9.17) is 15.6 Å². The molecule has 16 heavy (non-hydrogen) atoms. The average molecular weight is 221 g/mol. The summed E-state index contributed by atoms with van der Waals surface area (Å²) < 4.78 is 5.48. The third-order valence-corrected chi connectivity index (χ3v) is 2.75. The van der Waals surface area contributed by atoms with Crippen molar-refractivity contribution in [3.8, 4) is 5.75 Å². The van der Waals surface area contributed by atoms with Crippen LogP contribution in [0, 0.1) is 0 Å². The molecule has 0 amide bonds. The summed E-state index contributed by atoms with van der Waals surface area (Å²) in [6.07, 6.45) is 2.37. The second-order valence-electron chi connectivity index (χ2n) is 4.04.